The van der Waals surface area contributed by atoms with Crippen LogP contribution in [0.3, 0.4) is 0 Å². The third kappa shape index (κ3) is 4.85. The molecule has 0 aliphatic heterocycles. The molecule has 0 radical (unpaired) electrons. The maximum absolute atomic E-state index is 10.5. The molecule has 0 heterocycles. The highest BCUT2D eigenvalue weighted by atomic mass is 31.2. The molecule has 5 N–H and O–H groups in total. The summed E-state index contributed by atoms with van der Waals surface area (Å²) in [6.45, 7) is -1.14. The van der Waals surface area contributed by atoms with Crippen LogP contribution in [0.1, 0.15) is 0 Å². The molecule has 0 amide bonds. The minimum absolute atomic E-state index is 0.555. The van der Waals surface area contributed by atoms with E-state index in [1.807, 2.05) is 0 Å². The molecule has 0 aromatic heterocycles. The molecule has 0 saturated heterocycles. The highest BCUT2D eigenvalue weighted by molar-refractivity contribution is 7.70. The van der Waals surface area contributed by atoms with Gasteiger partial charge in [-0.15, -0.1) is 0 Å². The molecular formula is C3H10O8P2. The average Bonchev–Trinajstić information content (AvgIpc) is 1.81. The summed E-state index contributed by atoms with van der Waals surface area (Å²) in [7, 11) is -10.0. The first-order valence-corrected chi connectivity index (χ1v) is 6.39. The van der Waals surface area contributed by atoms with E-state index in [4.69, 9.17) is 24.7 Å². The van der Waals surface area contributed by atoms with Crippen LogP contribution in [0.15, 0.2) is 0 Å². The van der Waals surface area contributed by atoms with Gasteiger partial charge in [0.05, 0.1) is 13.2 Å². The zero-order chi connectivity index (χ0) is 10.7. The van der Waals surface area contributed by atoms with Gasteiger partial charge in [0, 0.05) is 0 Å². The van der Waals surface area contributed by atoms with E-state index in [2.05, 4.69) is 4.74 Å². The number of aliphatic hydroxyl groups is 1. The van der Waals surface area contributed by atoms with E-state index in [-0.39, 0.29) is 0 Å². The fraction of sp³-hybridized carbons (Fsp3) is 1.00. The Morgan fingerprint density at radius 1 is 1.08 bits per heavy atom. The van der Waals surface area contributed by atoms with Crippen molar-refractivity contribution in [2.24, 2.45) is 0 Å². The van der Waals surface area contributed by atoms with Gasteiger partial charge in [-0.3, -0.25) is 9.13 Å². The molecule has 13 heavy (non-hydrogen) atoms. The molecule has 0 saturated carbocycles. The highest BCUT2D eigenvalue weighted by Crippen LogP contribution is 2.60. The van der Waals surface area contributed by atoms with Crippen LogP contribution in [0.25, 0.3) is 0 Å². The lowest BCUT2D eigenvalue weighted by atomic mass is 10.8. The van der Waals surface area contributed by atoms with E-state index in [0.717, 1.165) is 0 Å². The maximum atomic E-state index is 10.5. The molecule has 0 unspecified atom stereocenters. The number of rotatable bonds is 5. The summed E-state index contributed by atoms with van der Waals surface area (Å²) in [5.74, 6) is 0. The Bertz CT molecular complexity index is 216. The smallest absolute Gasteiger partial charge is 0.366 e. The van der Waals surface area contributed by atoms with Crippen molar-refractivity contribution in [3.63, 3.8) is 0 Å². The molecule has 0 aromatic rings. The second kappa shape index (κ2) is 4.63. The van der Waals surface area contributed by atoms with Crippen molar-refractivity contribution in [3.8, 4) is 0 Å². The molecule has 0 aromatic carbocycles. The van der Waals surface area contributed by atoms with Gasteiger partial charge in [0.15, 0.2) is 0 Å². The van der Waals surface area contributed by atoms with Crippen LogP contribution in [-0.2, 0) is 13.9 Å². The number of hydrogen-bond acceptors (Lipinski definition) is 4. The van der Waals surface area contributed by atoms with Gasteiger partial charge in [-0.1, -0.05) is 0 Å². The molecule has 10 heteroatoms. The summed E-state index contributed by atoms with van der Waals surface area (Å²) >= 11 is 0. The molecular weight excluding hydrogens is 226 g/mol. The minimum atomic E-state index is -5.02. The summed E-state index contributed by atoms with van der Waals surface area (Å²) in [4.78, 5) is 33.8. The lowest BCUT2D eigenvalue weighted by molar-refractivity contribution is 0.0794. The average molecular weight is 236 g/mol. The van der Waals surface area contributed by atoms with Crippen molar-refractivity contribution in [1.29, 1.82) is 0 Å². The summed E-state index contributed by atoms with van der Waals surface area (Å²) in [5.41, 5.74) is -2.49. The third-order valence-electron chi connectivity index (χ3n) is 0.934. The van der Waals surface area contributed by atoms with Crippen molar-refractivity contribution in [3.05, 3.63) is 0 Å². The first-order chi connectivity index (χ1) is 5.69. The predicted octanol–water partition coefficient (Wildman–Crippen LogP) is -1.37. The largest absolute Gasteiger partial charge is 0.394 e. The zero-order valence-electron chi connectivity index (χ0n) is 6.35. The molecule has 0 bridgehead atoms. The van der Waals surface area contributed by atoms with Crippen LogP contribution in [0, 0.1) is 0 Å². The normalized spacial score (nSPS) is 13.7. The minimum Gasteiger partial charge on any atom is -0.394 e. The van der Waals surface area contributed by atoms with E-state index in [9.17, 15) is 9.13 Å². The van der Waals surface area contributed by atoms with Crippen molar-refractivity contribution in [1.82, 2.24) is 0 Å². The van der Waals surface area contributed by atoms with Gasteiger partial charge in [0.2, 0.25) is 0 Å². The van der Waals surface area contributed by atoms with Crippen LogP contribution in [-0.4, -0.2) is 43.5 Å². The van der Waals surface area contributed by atoms with Gasteiger partial charge in [-0.2, -0.15) is 0 Å². The summed E-state index contributed by atoms with van der Waals surface area (Å²) in [5, 5.41) is 8.22. The fourth-order valence-electron chi connectivity index (χ4n) is 0.548. The summed E-state index contributed by atoms with van der Waals surface area (Å²) in [6, 6.07) is 0. The SMILES string of the molecule is O=P(O)(O)C(OCCO)P(=O)(O)O. The van der Waals surface area contributed by atoms with E-state index in [0.29, 0.717) is 0 Å². The van der Waals surface area contributed by atoms with Crippen molar-refractivity contribution in [2.45, 2.75) is 5.59 Å². The highest BCUT2D eigenvalue weighted by Gasteiger charge is 2.44. The molecule has 0 atom stereocenters. The number of aliphatic hydroxyl groups excluding tert-OH is 1. The monoisotopic (exact) mass is 236 g/mol. The Morgan fingerprint density at radius 2 is 1.46 bits per heavy atom. The third-order valence-corrected chi connectivity index (χ3v) is 4.19. The molecule has 0 aliphatic rings. The molecule has 0 spiro atoms. The van der Waals surface area contributed by atoms with Crippen LogP contribution in [0.2, 0.25) is 0 Å². The predicted molar refractivity (Wildman–Crippen MR) is 40.9 cm³/mol. The van der Waals surface area contributed by atoms with Crippen molar-refractivity contribution in [2.75, 3.05) is 13.2 Å². The topological polar surface area (TPSA) is 145 Å². The maximum Gasteiger partial charge on any atom is 0.366 e. The quantitative estimate of drug-likeness (QED) is 0.368. The van der Waals surface area contributed by atoms with Crippen LogP contribution < -0.4 is 0 Å². The van der Waals surface area contributed by atoms with Crippen LogP contribution in [0.5, 0.6) is 0 Å². The van der Waals surface area contributed by atoms with Crippen LogP contribution >= 0.6 is 15.2 Å². The van der Waals surface area contributed by atoms with E-state index in [1.165, 1.54) is 0 Å². The van der Waals surface area contributed by atoms with Crippen molar-refractivity contribution < 1.29 is 38.5 Å². The molecule has 0 fully saturated rings. The fourth-order valence-corrected chi connectivity index (χ4v) is 2.72. The Hall–Kier alpha value is 0.220. The van der Waals surface area contributed by atoms with Crippen molar-refractivity contribution >= 4 is 15.2 Å². The second-order valence-electron chi connectivity index (χ2n) is 2.10. The van der Waals surface area contributed by atoms with Gasteiger partial charge in [0.1, 0.15) is 0 Å². The lowest BCUT2D eigenvalue weighted by Gasteiger charge is -2.19. The van der Waals surface area contributed by atoms with Gasteiger partial charge >= 0.3 is 15.2 Å². The summed E-state index contributed by atoms with van der Waals surface area (Å²) in [6.07, 6.45) is 0. The molecule has 80 valence electrons. The van der Waals surface area contributed by atoms with Gasteiger partial charge in [-0.25, -0.2) is 0 Å². The molecule has 8 nitrogen and oxygen atoms in total. The summed E-state index contributed by atoms with van der Waals surface area (Å²) < 4.78 is 25.1. The van der Waals surface area contributed by atoms with E-state index < -0.39 is 34.0 Å². The Balaban J connectivity index is 4.59. The standard InChI is InChI=1S/C3H10O8P2/c4-1-2-11-3(12(5,6)7)13(8,9)10/h3-4H,1-2H2,(H2,5,6,7)(H2,8,9,10). The van der Waals surface area contributed by atoms with Crippen LogP contribution in [0.4, 0.5) is 0 Å². The lowest BCUT2D eigenvalue weighted by Crippen LogP contribution is -2.16. The number of ether oxygens (including phenoxy) is 1. The molecule has 0 rings (SSSR count). The molecule has 0 aliphatic carbocycles. The second-order valence-corrected chi connectivity index (χ2v) is 5.80. The first-order valence-electron chi connectivity index (χ1n) is 3.02. The van der Waals surface area contributed by atoms with E-state index in [1.54, 1.807) is 0 Å². The first kappa shape index (κ1) is 13.2. The number of hydrogen-bond donors (Lipinski definition) is 5. The van der Waals surface area contributed by atoms with Gasteiger partial charge in [-0.05, 0) is 0 Å². The van der Waals surface area contributed by atoms with E-state index >= 15 is 0 Å². The Morgan fingerprint density at radius 3 is 1.69 bits per heavy atom. The van der Waals surface area contributed by atoms with Gasteiger partial charge in [0.25, 0.3) is 5.59 Å². The Labute approximate surface area is 73.5 Å². The zero-order valence-corrected chi connectivity index (χ0v) is 8.14. The van der Waals surface area contributed by atoms with Gasteiger partial charge < -0.3 is 29.4 Å². The Kier molecular flexibility index (Phi) is 4.71.